The largest absolute Gasteiger partial charge is 0.481 e. The molecule has 0 aromatic carbocycles. The molecule has 4 heteroatoms. The molecule has 2 N–H and O–H groups in total. The van der Waals surface area contributed by atoms with Gasteiger partial charge >= 0.3 is 5.97 Å². The van der Waals surface area contributed by atoms with Crippen LogP contribution in [0.5, 0.6) is 0 Å². The van der Waals surface area contributed by atoms with E-state index in [9.17, 15) is 9.90 Å². The van der Waals surface area contributed by atoms with Crippen LogP contribution in [0.3, 0.4) is 0 Å². The maximum atomic E-state index is 11.0. The molecule has 3 atom stereocenters. The first kappa shape index (κ1) is 13.8. The zero-order valence-electron chi connectivity index (χ0n) is 11.2. The highest BCUT2D eigenvalue weighted by atomic mass is 16.4. The van der Waals surface area contributed by atoms with Crippen LogP contribution in [0.15, 0.2) is 0 Å². The van der Waals surface area contributed by atoms with Gasteiger partial charge < -0.3 is 10.2 Å². The van der Waals surface area contributed by atoms with Crippen molar-refractivity contribution in [3.05, 3.63) is 0 Å². The topological polar surface area (TPSA) is 60.8 Å². The molecular weight excluding hydrogens is 230 g/mol. The van der Waals surface area contributed by atoms with Crippen molar-refractivity contribution in [3.63, 3.8) is 0 Å². The number of aliphatic carboxylic acids is 1. The van der Waals surface area contributed by atoms with Crippen LogP contribution < -0.4 is 0 Å². The lowest BCUT2D eigenvalue weighted by Gasteiger charge is -2.26. The van der Waals surface area contributed by atoms with Gasteiger partial charge in [0.2, 0.25) is 0 Å². The number of likely N-dealkylation sites (tertiary alicyclic amines) is 1. The molecule has 0 amide bonds. The van der Waals surface area contributed by atoms with E-state index in [1.807, 2.05) is 6.92 Å². The van der Waals surface area contributed by atoms with Gasteiger partial charge in [-0.2, -0.15) is 0 Å². The van der Waals surface area contributed by atoms with E-state index in [1.54, 1.807) is 0 Å². The summed E-state index contributed by atoms with van der Waals surface area (Å²) in [7, 11) is 0. The number of rotatable bonds is 5. The van der Waals surface area contributed by atoms with Crippen LogP contribution in [0.4, 0.5) is 0 Å². The monoisotopic (exact) mass is 255 g/mol. The fourth-order valence-corrected chi connectivity index (χ4v) is 3.57. The third kappa shape index (κ3) is 3.23. The zero-order valence-corrected chi connectivity index (χ0v) is 11.2. The third-order valence-corrected chi connectivity index (χ3v) is 4.73. The zero-order chi connectivity index (χ0) is 13.1. The van der Waals surface area contributed by atoms with Crippen LogP contribution >= 0.6 is 0 Å². The lowest BCUT2D eigenvalue weighted by molar-refractivity contribution is -0.142. The fraction of sp³-hybridized carbons (Fsp3) is 0.929. The summed E-state index contributed by atoms with van der Waals surface area (Å²) in [5.74, 6) is -0.271. The first-order valence-corrected chi connectivity index (χ1v) is 7.23. The molecule has 3 unspecified atom stereocenters. The fourth-order valence-electron chi connectivity index (χ4n) is 3.57. The van der Waals surface area contributed by atoms with Gasteiger partial charge in [-0.25, -0.2) is 0 Å². The quantitative estimate of drug-likeness (QED) is 0.785. The lowest BCUT2D eigenvalue weighted by atomic mass is 9.99. The molecule has 1 aliphatic heterocycles. The Balaban J connectivity index is 1.77. The second-order valence-electron chi connectivity index (χ2n) is 6.01. The Kier molecular flexibility index (Phi) is 4.62. The summed E-state index contributed by atoms with van der Waals surface area (Å²) in [5, 5.41) is 19.2. The predicted octanol–water partition coefficient (Wildman–Crippen LogP) is 1.72. The molecule has 4 nitrogen and oxygen atoms in total. The van der Waals surface area contributed by atoms with Crippen molar-refractivity contribution in [1.82, 2.24) is 4.90 Å². The van der Waals surface area contributed by atoms with E-state index in [0.29, 0.717) is 18.9 Å². The molecule has 1 saturated carbocycles. The molecule has 0 spiro atoms. The minimum atomic E-state index is -0.699. The Labute approximate surface area is 109 Å². The highest BCUT2D eigenvalue weighted by Crippen LogP contribution is 2.30. The van der Waals surface area contributed by atoms with Crippen LogP contribution in [0.2, 0.25) is 0 Å². The van der Waals surface area contributed by atoms with Gasteiger partial charge in [-0.05, 0) is 32.2 Å². The maximum Gasteiger partial charge on any atom is 0.308 e. The minimum absolute atomic E-state index is 0.0562. The molecule has 0 aromatic heterocycles. The van der Waals surface area contributed by atoms with Crippen LogP contribution in [-0.2, 0) is 4.79 Å². The SMILES string of the molecule is CC1C(C(=O)O)CCN1CC(O)CC1CCCC1. The van der Waals surface area contributed by atoms with E-state index in [1.165, 1.54) is 25.7 Å². The van der Waals surface area contributed by atoms with Gasteiger partial charge in [0.15, 0.2) is 0 Å². The second kappa shape index (κ2) is 6.02. The molecule has 2 aliphatic rings. The van der Waals surface area contributed by atoms with E-state index < -0.39 is 5.97 Å². The number of aliphatic hydroxyl groups excluding tert-OH is 1. The highest BCUT2D eigenvalue weighted by molar-refractivity contribution is 5.71. The summed E-state index contributed by atoms with van der Waals surface area (Å²) >= 11 is 0. The average Bonchev–Trinajstić information content (AvgIpc) is 2.90. The Morgan fingerprint density at radius 2 is 2.00 bits per heavy atom. The van der Waals surface area contributed by atoms with Crippen molar-refractivity contribution < 1.29 is 15.0 Å². The predicted molar refractivity (Wildman–Crippen MR) is 69.4 cm³/mol. The summed E-state index contributed by atoms with van der Waals surface area (Å²) in [6.07, 6.45) is 6.43. The van der Waals surface area contributed by atoms with Crippen LogP contribution in [0, 0.1) is 11.8 Å². The molecule has 0 bridgehead atoms. The molecule has 1 heterocycles. The van der Waals surface area contributed by atoms with E-state index in [2.05, 4.69) is 4.90 Å². The first-order chi connectivity index (χ1) is 8.58. The standard InChI is InChI=1S/C14H25NO3/c1-10-13(14(17)18)6-7-15(10)9-12(16)8-11-4-2-3-5-11/h10-13,16H,2-9H2,1H3,(H,17,18). The van der Waals surface area contributed by atoms with Crippen molar-refractivity contribution in [3.8, 4) is 0 Å². The molecule has 18 heavy (non-hydrogen) atoms. The molecule has 1 saturated heterocycles. The van der Waals surface area contributed by atoms with Crippen LogP contribution in [0.1, 0.15) is 45.4 Å². The number of carboxylic acids is 1. The van der Waals surface area contributed by atoms with Gasteiger partial charge in [0, 0.05) is 12.6 Å². The summed E-state index contributed by atoms with van der Waals surface area (Å²) in [6, 6.07) is 0.0562. The Hall–Kier alpha value is -0.610. The number of carbonyl (C=O) groups is 1. The van der Waals surface area contributed by atoms with Crippen LogP contribution in [0.25, 0.3) is 0 Å². The average molecular weight is 255 g/mol. The van der Waals surface area contributed by atoms with Crippen molar-refractivity contribution in [2.24, 2.45) is 11.8 Å². The number of carboxylic acid groups (broad SMARTS) is 1. The molecule has 1 aliphatic carbocycles. The second-order valence-corrected chi connectivity index (χ2v) is 6.01. The van der Waals surface area contributed by atoms with E-state index in [0.717, 1.165) is 13.0 Å². The van der Waals surface area contributed by atoms with E-state index in [4.69, 9.17) is 5.11 Å². The number of hydrogen-bond donors (Lipinski definition) is 2. The Bertz CT molecular complexity index is 289. The van der Waals surface area contributed by atoms with Gasteiger partial charge in [-0.3, -0.25) is 9.69 Å². The number of hydrogen-bond acceptors (Lipinski definition) is 3. The summed E-state index contributed by atoms with van der Waals surface area (Å²) in [5.41, 5.74) is 0. The van der Waals surface area contributed by atoms with E-state index >= 15 is 0 Å². The molecule has 0 aromatic rings. The number of β-amino-alcohol motifs (C(OH)–C–C–N with tert-alkyl or cyclic N) is 1. The first-order valence-electron chi connectivity index (χ1n) is 7.23. The van der Waals surface area contributed by atoms with Crippen LogP contribution in [-0.4, -0.2) is 46.3 Å². The Morgan fingerprint density at radius 1 is 1.33 bits per heavy atom. The van der Waals surface area contributed by atoms with Crippen molar-refractivity contribution >= 4 is 5.97 Å². The van der Waals surface area contributed by atoms with Gasteiger partial charge in [-0.1, -0.05) is 25.7 Å². The number of nitrogens with zero attached hydrogens (tertiary/aromatic N) is 1. The maximum absolute atomic E-state index is 11.0. The summed E-state index contributed by atoms with van der Waals surface area (Å²) in [4.78, 5) is 13.2. The highest BCUT2D eigenvalue weighted by Gasteiger charge is 2.36. The number of aliphatic hydroxyl groups is 1. The molecule has 2 fully saturated rings. The minimum Gasteiger partial charge on any atom is -0.481 e. The third-order valence-electron chi connectivity index (χ3n) is 4.73. The molecule has 104 valence electrons. The summed E-state index contributed by atoms with van der Waals surface area (Å²) in [6.45, 7) is 3.41. The normalized spacial score (nSPS) is 31.9. The van der Waals surface area contributed by atoms with Crippen molar-refractivity contribution in [1.29, 1.82) is 0 Å². The molecular formula is C14H25NO3. The smallest absolute Gasteiger partial charge is 0.308 e. The van der Waals surface area contributed by atoms with Gasteiger partial charge in [0.25, 0.3) is 0 Å². The van der Waals surface area contributed by atoms with Crippen molar-refractivity contribution in [2.75, 3.05) is 13.1 Å². The summed E-state index contributed by atoms with van der Waals surface area (Å²) < 4.78 is 0. The lowest BCUT2D eigenvalue weighted by Crippen LogP contribution is -2.38. The van der Waals surface area contributed by atoms with E-state index in [-0.39, 0.29) is 18.1 Å². The van der Waals surface area contributed by atoms with Gasteiger partial charge in [0.1, 0.15) is 0 Å². The molecule has 2 rings (SSSR count). The van der Waals surface area contributed by atoms with Crippen molar-refractivity contribution in [2.45, 2.75) is 57.6 Å². The van der Waals surface area contributed by atoms with Gasteiger partial charge in [0.05, 0.1) is 12.0 Å². The molecule has 0 radical (unpaired) electrons. The van der Waals surface area contributed by atoms with Gasteiger partial charge in [-0.15, -0.1) is 0 Å². The Morgan fingerprint density at radius 3 is 2.56 bits per heavy atom.